The van der Waals surface area contributed by atoms with Crippen molar-refractivity contribution >= 4 is 13.5 Å². The zero-order valence-electron chi connectivity index (χ0n) is 15.1. The Morgan fingerprint density at radius 3 is 2.19 bits per heavy atom. The molecule has 0 radical (unpaired) electrons. The van der Waals surface area contributed by atoms with Gasteiger partial charge in [0.1, 0.15) is 0 Å². The molecular weight excluding hydrogens is 367 g/mol. The molecule has 0 bridgehead atoms. The highest BCUT2D eigenvalue weighted by Crippen LogP contribution is 2.59. The summed E-state index contributed by atoms with van der Waals surface area (Å²) in [7, 11) is -4.78. The number of aromatic amines is 1. The molecule has 0 saturated carbocycles. The van der Waals surface area contributed by atoms with E-state index in [2.05, 4.69) is 0 Å². The Kier molecular flexibility index (Phi) is 7.26. The van der Waals surface area contributed by atoms with Crippen molar-refractivity contribution in [2.45, 2.75) is 45.6 Å². The smallest absolute Gasteiger partial charge is 0.357 e. The van der Waals surface area contributed by atoms with Gasteiger partial charge >= 0.3 is 13.3 Å². The number of ether oxygens (including phenoxy) is 1. The van der Waals surface area contributed by atoms with Crippen LogP contribution in [0.3, 0.4) is 0 Å². The number of carbonyl (C=O) groups excluding carboxylic acids is 1. The van der Waals surface area contributed by atoms with Gasteiger partial charge in [-0.15, -0.1) is 0 Å². The molecule has 1 rings (SSSR count). The maximum atomic E-state index is 12.3. The quantitative estimate of drug-likeness (QED) is 0.454. The number of hydrogen-bond donors (Lipinski definition) is 4. The van der Waals surface area contributed by atoms with Crippen LogP contribution in [0.25, 0.3) is 0 Å². The molecule has 10 nitrogen and oxygen atoms in total. The molecule has 1 aromatic heterocycles. The molecule has 0 aromatic carbocycles. The molecule has 26 heavy (non-hydrogen) atoms. The van der Waals surface area contributed by atoms with Crippen LogP contribution < -0.4 is 11.2 Å². The standard InChI is InChI=1S/C15H25N2O8P/c1-9(2)15(10(3)4,26(22,23)24)25-11(8-18)7-13(20)17-6-5-12(19)16-14(17)21/h5-6,9-11,18H,7-8H2,1-4H3,(H,16,19,21)(H2,22,23,24)/t11-/m1/s1. The summed E-state index contributed by atoms with van der Waals surface area (Å²) in [4.78, 5) is 56.7. The van der Waals surface area contributed by atoms with Crippen LogP contribution in [0.1, 0.15) is 38.9 Å². The third-order valence-electron chi connectivity index (χ3n) is 4.16. The molecule has 0 fully saturated rings. The van der Waals surface area contributed by atoms with Crippen LogP contribution in [0.15, 0.2) is 21.9 Å². The molecule has 148 valence electrons. The van der Waals surface area contributed by atoms with E-state index in [-0.39, 0.29) is 0 Å². The van der Waals surface area contributed by atoms with Gasteiger partial charge in [0.05, 0.1) is 19.1 Å². The number of nitrogens with zero attached hydrogens (tertiary/aromatic N) is 1. The van der Waals surface area contributed by atoms with Gasteiger partial charge in [0.2, 0.25) is 5.91 Å². The topological polar surface area (TPSA) is 159 Å². The molecule has 0 unspecified atom stereocenters. The van der Waals surface area contributed by atoms with E-state index in [9.17, 15) is 33.8 Å². The van der Waals surface area contributed by atoms with Gasteiger partial charge in [-0.05, 0) is 11.8 Å². The fourth-order valence-corrected chi connectivity index (χ4v) is 4.63. The van der Waals surface area contributed by atoms with Gasteiger partial charge in [0.15, 0.2) is 5.34 Å². The Balaban J connectivity index is 3.17. The fourth-order valence-electron chi connectivity index (χ4n) is 3.00. The zero-order valence-corrected chi connectivity index (χ0v) is 16.0. The van der Waals surface area contributed by atoms with E-state index in [0.717, 1.165) is 12.3 Å². The zero-order chi connectivity index (χ0) is 20.3. The Hall–Kier alpha value is -1.58. The Labute approximate surface area is 150 Å². The second kappa shape index (κ2) is 8.41. The van der Waals surface area contributed by atoms with Gasteiger partial charge in [0, 0.05) is 12.3 Å². The summed E-state index contributed by atoms with van der Waals surface area (Å²) in [6, 6.07) is 0.982. The summed E-state index contributed by atoms with van der Waals surface area (Å²) in [6.45, 7) is 5.60. The second-order valence-corrected chi connectivity index (χ2v) is 8.39. The van der Waals surface area contributed by atoms with Crippen molar-refractivity contribution in [3.05, 3.63) is 33.1 Å². The monoisotopic (exact) mass is 392 g/mol. The number of aromatic nitrogens is 2. The van der Waals surface area contributed by atoms with Crippen LogP contribution in [0.4, 0.5) is 0 Å². The van der Waals surface area contributed by atoms with E-state index >= 15 is 0 Å². The highest BCUT2D eigenvalue weighted by molar-refractivity contribution is 7.53. The van der Waals surface area contributed by atoms with Crippen molar-refractivity contribution in [2.24, 2.45) is 11.8 Å². The van der Waals surface area contributed by atoms with Crippen LogP contribution >= 0.6 is 7.60 Å². The summed E-state index contributed by atoms with van der Waals surface area (Å²) in [5.41, 5.74) is -1.62. The van der Waals surface area contributed by atoms with Crippen LogP contribution in [0.5, 0.6) is 0 Å². The van der Waals surface area contributed by atoms with Crippen molar-refractivity contribution in [3.63, 3.8) is 0 Å². The predicted octanol–water partition coefficient (Wildman–Crippen LogP) is 0.130. The SMILES string of the molecule is CC(C)C(O[C@@H](CO)CC(=O)n1ccc(=O)[nH]c1=O)(C(C)C)P(=O)(O)O. The minimum absolute atomic E-state index is 0.510. The first kappa shape index (κ1) is 22.5. The normalized spacial score (nSPS) is 14.0. The van der Waals surface area contributed by atoms with Crippen LogP contribution in [0.2, 0.25) is 0 Å². The summed E-state index contributed by atoms with van der Waals surface area (Å²) < 4.78 is 18.4. The van der Waals surface area contributed by atoms with E-state index in [1.165, 1.54) is 0 Å². The van der Waals surface area contributed by atoms with Gasteiger partial charge in [-0.2, -0.15) is 0 Å². The van der Waals surface area contributed by atoms with Crippen LogP contribution in [0, 0.1) is 11.8 Å². The van der Waals surface area contributed by atoms with Crippen molar-refractivity contribution < 1.29 is 29.0 Å². The molecule has 1 atom stereocenters. The lowest BCUT2D eigenvalue weighted by Crippen LogP contribution is -2.47. The summed E-state index contributed by atoms with van der Waals surface area (Å²) >= 11 is 0. The molecule has 4 N–H and O–H groups in total. The van der Waals surface area contributed by atoms with E-state index in [4.69, 9.17) is 4.74 Å². The Bertz CT molecular complexity index is 783. The van der Waals surface area contributed by atoms with E-state index < -0.39 is 61.1 Å². The summed E-state index contributed by atoms with van der Waals surface area (Å²) in [5, 5.41) is 7.65. The Morgan fingerprint density at radius 2 is 1.81 bits per heavy atom. The molecule has 0 aliphatic heterocycles. The number of carbonyl (C=O) groups is 1. The Morgan fingerprint density at radius 1 is 1.27 bits per heavy atom. The number of nitrogens with one attached hydrogen (secondary N) is 1. The number of hydrogen-bond acceptors (Lipinski definition) is 6. The van der Waals surface area contributed by atoms with Gasteiger partial charge in [-0.3, -0.25) is 19.1 Å². The molecule has 1 heterocycles. The molecule has 0 saturated heterocycles. The minimum atomic E-state index is -4.78. The number of aliphatic hydroxyl groups excluding tert-OH is 1. The van der Waals surface area contributed by atoms with E-state index in [1.807, 2.05) is 4.98 Å². The van der Waals surface area contributed by atoms with Crippen LogP contribution in [-0.4, -0.2) is 48.4 Å². The lowest BCUT2D eigenvalue weighted by Gasteiger charge is -2.43. The first-order chi connectivity index (χ1) is 11.9. The molecule has 0 aliphatic carbocycles. The molecule has 0 spiro atoms. The van der Waals surface area contributed by atoms with Crippen molar-refractivity contribution in [2.75, 3.05) is 6.61 Å². The molecule has 0 amide bonds. The van der Waals surface area contributed by atoms with Gasteiger partial charge in [-0.25, -0.2) is 9.36 Å². The van der Waals surface area contributed by atoms with Crippen molar-refractivity contribution in [1.29, 1.82) is 0 Å². The van der Waals surface area contributed by atoms with Gasteiger partial charge in [-0.1, -0.05) is 27.7 Å². The molecular formula is C15H25N2O8P. The maximum Gasteiger partial charge on any atom is 0.357 e. The highest BCUT2D eigenvalue weighted by atomic mass is 31.2. The minimum Gasteiger partial charge on any atom is -0.394 e. The van der Waals surface area contributed by atoms with Crippen molar-refractivity contribution in [1.82, 2.24) is 9.55 Å². The molecule has 1 aromatic rings. The van der Waals surface area contributed by atoms with E-state index in [0.29, 0.717) is 4.57 Å². The van der Waals surface area contributed by atoms with E-state index in [1.54, 1.807) is 27.7 Å². The lowest BCUT2D eigenvalue weighted by molar-refractivity contribution is -0.118. The predicted molar refractivity (Wildman–Crippen MR) is 93.0 cm³/mol. The summed E-state index contributed by atoms with van der Waals surface area (Å²) in [6.07, 6.45) is -0.776. The van der Waals surface area contributed by atoms with Gasteiger partial charge in [0.25, 0.3) is 5.56 Å². The number of rotatable bonds is 8. The third-order valence-corrected chi connectivity index (χ3v) is 6.21. The first-order valence-corrected chi connectivity index (χ1v) is 9.67. The largest absolute Gasteiger partial charge is 0.394 e. The van der Waals surface area contributed by atoms with Crippen LogP contribution in [-0.2, 0) is 9.30 Å². The first-order valence-electron chi connectivity index (χ1n) is 8.06. The number of H-pyrrole nitrogens is 1. The average molecular weight is 392 g/mol. The maximum absolute atomic E-state index is 12.3. The summed E-state index contributed by atoms with van der Waals surface area (Å²) in [5.74, 6) is -2.04. The fraction of sp³-hybridized carbons (Fsp3) is 0.667. The second-order valence-electron chi connectivity index (χ2n) is 6.61. The molecule has 11 heteroatoms. The molecule has 0 aliphatic rings. The van der Waals surface area contributed by atoms with Crippen molar-refractivity contribution in [3.8, 4) is 0 Å². The average Bonchev–Trinajstić information content (AvgIpc) is 2.48. The lowest BCUT2D eigenvalue weighted by atomic mass is 9.94. The third kappa shape index (κ3) is 4.57. The van der Waals surface area contributed by atoms with Gasteiger partial charge < -0.3 is 19.6 Å². The highest BCUT2D eigenvalue weighted by Gasteiger charge is 2.54. The number of aliphatic hydroxyl groups is 1.